The van der Waals surface area contributed by atoms with Crippen LogP contribution in [-0.2, 0) is 16.0 Å². The van der Waals surface area contributed by atoms with Gasteiger partial charge in [-0.2, -0.15) is 0 Å². The average Bonchev–Trinajstić information content (AvgIpc) is 2.90. The van der Waals surface area contributed by atoms with Crippen LogP contribution in [0, 0.1) is 17.3 Å². The van der Waals surface area contributed by atoms with Gasteiger partial charge in [-0.15, -0.1) is 0 Å². The van der Waals surface area contributed by atoms with Gasteiger partial charge >= 0.3 is 5.97 Å². The van der Waals surface area contributed by atoms with E-state index in [0.717, 1.165) is 24.5 Å². The summed E-state index contributed by atoms with van der Waals surface area (Å²) in [5.41, 5.74) is 3.20. The first kappa shape index (κ1) is 16.0. The van der Waals surface area contributed by atoms with Gasteiger partial charge in [0, 0.05) is 12.3 Å². The fourth-order valence-electron chi connectivity index (χ4n) is 6.03. The van der Waals surface area contributed by atoms with E-state index in [-0.39, 0.29) is 17.5 Å². The molecular weight excluding hydrogens is 300 g/mol. The second kappa shape index (κ2) is 5.79. The monoisotopic (exact) mass is 328 g/mol. The van der Waals surface area contributed by atoms with Gasteiger partial charge in [0.25, 0.3) is 0 Å². The number of carbonyl (C=O) groups excluding carboxylic acids is 1. The number of carbonyl (C=O) groups is 1. The molecule has 1 aromatic rings. The van der Waals surface area contributed by atoms with E-state index in [0.29, 0.717) is 11.8 Å². The minimum absolute atomic E-state index is 0.120. The summed E-state index contributed by atoms with van der Waals surface area (Å²) in [5, 5.41) is 0. The Morgan fingerprint density at radius 2 is 2.04 bits per heavy atom. The lowest BCUT2D eigenvalue weighted by Gasteiger charge is -2.50. The van der Waals surface area contributed by atoms with Gasteiger partial charge in [-0.05, 0) is 79.5 Å². The standard InChI is InChI=1S/C21H28O3/c1-13(22)24-20-9-8-19-18-6-4-14-12-15(23-3)5-7-16(14)17(18)10-11-21(19,20)2/h5,7,12,17-20H,4,6,8-11H2,1-3H3/t17-,18-,19+,20-,21-/m0/s1. The number of ether oxygens (including phenoxy) is 2. The first-order valence-corrected chi connectivity index (χ1v) is 9.37. The van der Waals surface area contributed by atoms with Gasteiger partial charge in [-0.3, -0.25) is 4.79 Å². The number of hydrogen-bond donors (Lipinski definition) is 0. The maximum Gasteiger partial charge on any atom is 0.302 e. The third-order valence-electron chi connectivity index (χ3n) is 7.15. The van der Waals surface area contributed by atoms with Crippen LogP contribution in [0.25, 0.3) is 0 Å². The molecule has 0 heterocycles. The molecule has 0 saturated heterocycles. The SMILES string of the molecule is COc1ccc2c(c1)CC[C@@H]1[C@H]3CC[C@H](OC(C)=O)[C@@]3(C)CC[C@@H]21. The minimum atomic E-state index is -0.120. The third kappa shape index (κ3) is 2.35. The zero-order valence-electron chi connectivity index (χ0n) is 15.0. The van der Waals surface area contributed by atoms with Crippen molar-refractivity contribution in [3.63, 3.8) is 0 Å². The Balaban J connectivity index is 1.62. The van der Waals surface area contributed by atoms with Crippen LogP contribution in [0.2, 0.25) is 0 Å². The number of aryl methyl sites for hydroxylation is 1. The average molecular weight is 328 g/mol. The largest absolute Gasteiger partial charge is 0.497 e. The van der Waals surface area contributed by atoms with Crippen molar-refractivity contribution in [1.82, 2.24) is 0 Å². The molecule has 3 aliphatic carbocycles. The van der Waals surface area contributed by atoms with Crippen LogP contribution in [0.15, 0.2) is 18.2 Å². The second-order valence-electron chi connectivity index (χ2n) is 8.20. The van der Waals surface area contributed by atoms with Crippen molar-refractivity contribution in [3.8, 4) is 5.75 Å². The number of fused-ring (bicyclic) bond motifs is 5. The van der Waals surface area contributed by atoms with Crippen LogP contribution in [0.4, 0.5) is 0 Å². The molecule has 2 saturated carbocycles. The number of benzene rings is 1. The Bertz CT molecular complexity index is 652. The van der Waals surface area contributed by atoms with Gasteiger partial charge in [-0.1, -0.05) is 13.0 Å². The highest BCUT2D eigenvalue weighted by atomic mass is 16.5. The summed E-state index contributed by atoms with van der Waals surface area (Å²) in [5.74, 6) is 2.96. The molecule has 24 heavy (non-hydrogen) atoms. The lowest BCUT2D eigenvalue weighted by molar-refractivity contribution is -0.154. The van der Waals surface area contributed by atoms with Crippen LogP contribution in [0.5, 0.6) is 5.75 Å². The first-order valence-electron chi connectivity index (χ1n) is 9.37. The summed E-state index contributed by atoms with van der Waals surface area (Å²) in [6.07, 6.45) is 7.17. The van der Waals surface area contributed by atoms with Crippen LogP contribution in [-0.4, -0.2) is 19.2 Å². The van der Waals surface area contributed by atoms with Crippen molar-refractivity contribution in [1.29, 1.82) is 0 Å². The van der Waals surface area contributed by atoms with Gasteiger partial charge in [0.05, 0.1) is 7.11 Å². The predicted molar refractivity (Wildman–Crippen MR) is 93.2 cm³/mol. The maximum absolute atomic E-state index is 11.5. The van der Waals surface area contributed by atoms with Crippen molar-refractivity contribution >= 4 is 5.97 Å². The summed E-state index contributed by atoms with van der Waals surface area (Å²) in [4.78, 5) is 11.5. The van der Waals surface area contributed by atoms with E-state index in [1.54, 1.807) is 19.6 Å². The van der Waals surface area contributed by atoms with Gasteiger partial charge in [0.2, 0.25) is 0 Å². The van der Waals surface area contributed by atoms with E-state index in [9.17, 15) is 4.79 Å². The highest BCUT2D eigenvalue weighted by molar-refractivity contribution is 5.66. The molecule has 0 aromatic heterocycles. The number of hydrogen-bond acceptors (Lipinski definition) is 3. The molecule has 3 heteroatoms. The van der Waals surface area contributed by atoms with Crippen molar-refractivity contribution < 1.29 is 14.3 Å². The van der Waals surface area contributed by atoms with Gasteiger partial charge < -0.3 is 9.47 Å². The normalized spacial score (nSPS) is 37.1. The summed E-state index contributed by atoms with van der Waals surface area (Å²) >= 11 is 0. The summed E-state index contributed by atoms with van der Waals surface area (Å²) in [6.45, 7) is 3.92. The maximum atomic E-state index is 11.5. The summed E-state index contributed by atoms with van der Waals surface area (Å²) in [6, 6.07) is 6.65. The summed E-state index contributed by atoms with van der Waals surface area (Å²) in [7, 11) is 1.74. The minimum Gasteiger partial charge on any atom is -0.497 e. The molecule has 5 atom stereocenters. The van der Waals surface area contributed by atoms with E-state index in [1.165, 1.54) is 31.2 Å². The molecule has 0 spiro atoms. The molecule has 0 bridgehead atoms. The quantitative estimate of drug-likeness (QED) is 0.751. The Hall–Kier alpha value is -1.51. The molecule has 0 N–H and O–H groups in total. The molecule has 130 valence electrons. The smallest absolute Gasteiger partial charge is 0.302 e. The Morgan fingerprint density at radius 3 is 2.79 bits per heavy atom. The molecule has 0 aliphatic heterocycles. The molecule has 1 aromatic carbocycles. The topological polar surface area (TPSA) is 35.5 Å². The van der Waals surface area contributed by atoms with Crippen molar-refractivity contribution in [2.45, 2.75) is 64.4 Å². The van der Waals surface area contributed by atoms with Crippen LogP contribution in [0.3, 0.4) is 0 Å². The fraction of sp³-hybridized carbons (Fsp3) is 0.667. The lowest BCUT2D eigenvalue weighted by atomic mass is 9.55. The molecule has 2 fully saturated rings. The molecule has 3 nitrogen and oxygen atoms in total. The summed E-state index contributed by atoms with van der Waals surface area (Å²) < 4.78 is 11.1. The van der Waals surface area contributed by atoms with Crippen LogP contribution < -0.4 is 4.74 Å². The predicted octanol–water partition coefficient (Wildman–Crippen LogP) is 4.48. The van der Waals surface area contributed by atoms with Gasteiger partial charge in [0.15, 0.2) is 0 Å². The van der Waals surface area contributed by atoms with Crippen molar-refractivity contribution in [3.05, 3.63) is 29.3 Å². The highest BCUT2D eigenvalue weighted by Crippen LogP contribution is 2.61. The Morgan fingerprint density at radius 1 is 1.21 bits per heavy atom. The number of methoxy groups -OCH3 is 1. The van der Waals surface area contributed by atoms with Crippen LogP contribution in [0.1, 0.15) is 63.0 Å². The van der Waals surface area contributed by atoms with Crippen molar-refractivity contribution in [2.24, 2.45) is 17.3 Å². The van der Waals surface area contributed by atoms with E-state index < -0.39 is 0 Å². The van der Waals surface area contributed by atoms with E-state index in [4.69, 9.17) is 9.47 Å². The zero-order valence-corrected chi connectivity index (χ0v) is 15.0. The molecule has 4 rings (SSSR count). The first-order chi connectivity index (χ1) is 11.5. The molecule has 0 unspecified atom stereocenters. The highest BCUT2D eigenvalue weighted by Gasteiger charge is 2.56. The lowest BCUT2D eigenvalue weighted by Crippen LogP contribution is -2.45. The van der Waals surface area contributed by atoms with Gasteiger partial charge in [-0.25, -0.2) is 0 Å². The molecule has 3 aliphatic rings. The van der Waals surface area contributed by atoms with E-state index >= 15 is 0 Å². The second-order valence-corrected chi connectivity index (χ2v) is 8.20. The Kier molecular flexibility index (Phi) is 3.85. The van der Waals surface area contributed by atoms with E-state index in [2.05, 4.69) is 25.1 Å². The van der Waals surface area contributed by atoms with E-state index in [1.807, 2.05) is 0 Å². The molecule has 0 amide bonds. The van der Waals surface area contributed by atoms with Crippen LogP contribution >= 0.6 is 0 Å². The number of esters is 1. The number of rotatable bonds is 2. The molecule has 0 radical (unpaired) electrons. The molecular formula is C21H28O3. The zero-order chi connectivity index (χ0) is 16.9. The fourth-order valence-corrected chi connectivity index (χ4v) is 6.03. The third-order valence-corrected chi connectivity index (χ3v) is 7.15. The Labute approximate surface area is 144 Å². The van der Waals surface area contributed by atoms with Crippen molar-refractivity contribution in [2.75, 3.05) is 7.11 Å². The van der Waals surface area contributed by atoms with Gasteiger partial charge in [0.1, 0.15) is 11.9 Å².